The molecule has 0 radical (unpaired) electrons. The van der Waals surface area contributed by atoms with Crippen LogP contribution >= 0.6 is 57.9 Å². The minimum Gasteiger partial charge on any atom is -0.258 e. The van der Waals surface area contributed by atoms with Crippen molar-refractivity contribution in [3.63, 3.8) is 0 Å². The molecule has 22 heavy (non-hydrogen) atoms. The van der Waals surface area contributed by atoms with Gasteiger partial charge in [-0.25, -0.2) is 4.98 Å². The molecule has 0 aliphatic rings. The Kier molecular flexibility index (Phi) is 4.47. The van der Waals surface area contributed by atoms with Crippen LogP contribution in [0.5, 0.6) is 0 Å². The zero-order valence-electron chi connectivity index (χ0n) is 10.5. The van der Waals surface area contributed by atoms with Crippen molar-refractivity contribution in [2.45, 2.75) is 9.24 Å². The fraction of sp³-hybridized carbons (Fsp3) is 0. The van der Waals surface area contributed by atoms with E-state index in [1.54, 1.807) is 6.07 Å². The Balaban J connectivity index is 2.01. The van der Waals surface area contributed by atoms with E-state index in [1.165, 1.54) is 35.2 Å². The van der Waals surface area contributed by atoms with Crippen molar-refractivity contribution >= 4 is 73.8 Å². The Morgan fingerprint density at radius 2 is 1.82 bits per heavy atom. The van der Waals surface area contributed by atoms with Crippen LogP contribution in [0.25, 0.3) is 10.2 Å². The van der Waals surface area contributed by atoms with Gasteiger partial charge in [0.15, 0.2) is 4.34 Å². The molecule has 0 saturated carbocycles. The minimum absolute atomic E-state index is 0.147. The molecular formula is C13H5Cl3N2O2S2. The number of nitrogens with zero attached hydrogens (tertiary/aromatic N) is 2. The van der Waals surface area contributed by atoms with Gasteiger partial charge in [-0.1, -0.05) is 52.6 Å². The van der Waals surface area contributed by atoms with Crippen LogP contribution in [0.2, 0.25) is 15.1 Å². The van der Waals surface area contributed by atoms with E-state index in [0.29, 0.717) is 14.3 Å². The van der Waals surface area contributed by atoms with Crippen molar-refractivity contribution in [2.75, 3.05) is 0 Å². The fourth-order valence-corrected chi connectivity index (χ4v) is 4.77. The van der Waals surface area contributed by atoms with Crippen LogP contribution in [0.15, 0.2) is 39.6 Å². The molecule has 0 bridgehead atoms. The Bertz CT molecular complexity index is 875. The molecule has 0 unspecified atom stereocenters. The van der Waals surface area contributed by atoms with Gasteiger partial charge in [0.1, 0.15) is 0 Å². The number of nitro groups is 1. The number of non-ortho nitro benzene ring substituents is 1. The lowest BCUT2D eigenvalue weighted by Gasteiger charge is -2.04. The molecule has 9 heteroatoms. The van der Waals surface area contributed by atoms with Gasteiger partial charge < -0.3 is 0 Å². The summed E-state index contributed by atoms with van der Waals surface area (Å²) in [7, 11) is 0. The van der Waals surface area contributed by atoms with Crippen LogP contribution in [0.4, 0.5) is 5.69 Å². The molecule has 0 aliphatic carbocycles. The largest absolute Gasteiger partial charge is 0.272 e. The summed E-state index contributed by atoms with van der Waals surface area (Å²) in [5, 5.41) is 11.8. The minimum atomic E-state index is -0.538. The number of thiazole rings is 1. The van der Waals surface area contributed by atoms with E-state index in [2.05, 4.69) is 4.98 Å². The second-order valence-corrected chi connectivity index (χ2v) is 7.64. The van der Waals surface area contributed by atoms with Crippen LogP contribution in [0, 0.1) is 10.1 Å². The number of aromatic nitrogens is 1. The normalized spacial score (nSPS) is 11.0. The van der Waals surface area contributed by atoms with Gasteiger partial charge >= 0.3 is 0 Å². The summed E-state index contributed by atoms with van der Waals surface area (Å²) >= 11 is 21.0. The van der Waals surface area contributed by atoms with E-state index in [1.807, 2.05) is 12.1 Å². The number of nitro benzene ring substituents is 1. The zero-order chi connectivity index (χ0) is 15.9. The standard InChI is InChI=1S/C13H5Cl3N2O2S2/c14-7-2-1-3-10-12(7)22-13(17-10)21-11-8(15)4-6(18(19)20)5-9(11)16/h1-5H. The lowest BCUT2D eigenvalue weighted by molar-refractivity contribution is -0.384. The lowest BCUT2D eigenvalue weighted by atomic mass is 10.3. The monoisotopic (exact) mass is 390 g/mol. The van der Waals surface area contributed by atoms with Gasteiger partial charge in [-0.05, 0) is 12.1 Å². The third kappa shape index (κ3) is 3.02. The van der Waals surface area contributed by atoms with E-state index < -0.39 is 4.92 Å². The zero-order valence-corrected chi connectivity index (χ0v) is 14.4. The van der Waals surface area contributed by atoms with Gasteiger partial charge in [0.05, 0.1) is 35.1 Å². The second kappa shape index (κ2) is 6.22. The summed E-state index contributed by atoms with van der Waals surface area (Å²) in [6.07, 6.45) is 0. The number of hydrogen-bond acceptors (Lipinski definition) is 5. The van der Waals surface area contributed by atoms with Gasteiger partial charge in [0.25, 0.3) is 5.69 Å². The molecule has 3 aromatic rings. The molecule has 0 N–H and O–H groups in total. The van der Waals surface area contributed by atoms with Crippen LogP contribution in [0.1, 0.15) is 0 Å². The fourth-order valence-electron chi connectivity index (χ4n) is 1.78. The molecule has 0 aliphatic heterocycles. The molecule has 2 aromatic carbocycles. The van der Waals surface area contributed by atoms with E-state index in [-0.39, 0.29) is 15.7 Å². The van der Waals surface area contributed by atoms with E-state index in [0.717, 1.165) is 10.2 Å². The molecule has 0 atom stereocenters. The topological polar surface area (TPSA) is 56.0 Å². The Morgan fingerprint density at radius 1 is 1.14 bits per heavy atom. The second-order valence-electron chi connectivity index (χ2n) is 4.17. The number of halogens is 3. The first kappa shape index (κ1) is 15.8. The quantitative estimate of drug-likeness (QED) is 0.387. The molecule has 3 rings (SSSR count). The van der Waals surface area contributed by atoms with Crippen molar-refractivity contribution in [3.8, 4) is 0 Å². The molecule has 112 valence electrons. The highest BCUT2D eigenvalue weighted by Crippen LogP contribution is 2.43. The predicted octanol–water partition coefficient (Wildman–Crippen LogP) is 6.32. The predicted molar refractivity (Wildman–Crippen MR) is 91.9 cm³/mol. The van der Waals surface area contributed by atoms with Crippen molar-refractivity contribution in [2.24, 2.45) is 0 Å². The van der Waals surface area contributed by atoms with E-state index >= 15 is 0 Å². The van der Waals surface area contributed by atoms with Gasteiger partial charge in [-0.15, -0.1) is 11.3 Å². The van der Waals surface area contributed by atoms with Gasteiger partial charge in [0.2, 0.25) is 0 Å². The Hall–Kier alpha value is -1.05. The van der Waals surface area contributed by atoms with E-state index in [9.17, 15) is 10.1 Å². The SMILES string of the molecule is O=[N+]([O-])c1cc(Cl)c(Sc2nc3cccc(Cl)c3s2)c(Cl)c1. The molecule has 0 amide bonds. The van der Waals surface area contributed by atoms with E-state index in [4.69, 9.17) is 34.8 Å². The maximum absolute atomic E-state index is 10.8. The van der Waals surface area contributed by atoms with Crippen molar-refractivity contribution in [1.29, 1.82) is 0 Å². The number of benzene rings is 2. The lowest BCUT2D eigenvalue weighted by Crippen LogP contribution is -1.89. The first-order valence-electron chi connectivity index (χ1n) is 5.82. The van der Waals surface area contributed by atoms with Gasteiger partial charge in [0, 0.05) is 12.1 Å². The van der Waals surface area contributed by atoms with Crippen LogP contribution in [-0.2, 0) is 0 Å². The maximum Gasteiger partial charge on any atom is 0.272 e. The molecule has 0 spiro atoms. The van der Waals surface area contributed by atoms with Crippen molar-refractivity contribution in [1.82, 2.24) is 4.98 Å². The number of fused-ring (bicyclic) bond motifs is 1. The Morgan fingerprint density at radius 3 is 2.41 bits per heavy atom. The summed E-state index contributed by atoms with van der Waals surface area (Å²) in [5.41, 5.74) is 0.640. The summed E-state index contributed by atoms with van der Waals surface area (Å²) in [6.45, 7) is 0. The van der Waals surface area contributed by atoms with Crippen molar-refractivity contribution < 1.29 is 4.92 Å². The summed E-state index contributed by atoms with van der Waals surface area (Å²) in [4.78, 5) is 15.2. The Labute approximate surface area is 148 Å². The maximum atomic E-state index is 10.8. The molecule has 0 fully saturated rings. The molecule has 4 nitrogen and oxygen atoms in total. The summed E-state index contributed by atoms with van der Waals surface area (Å²) < 4.78 is 1.58. The molecule has 1 heterocycles. The molecule has 1 aromatic heterocycles. The average molecular weight is 392 g/mol. The highest BCUT2D eigenvalue weighted by Gasteiger charge is 2.17. The smallest absolute Gasteiger partial charge is 0.258 e. The number of rotatable bonds is 3. The number of hydrogen-bond donors (Lipinski definition) is 0. The first-order valence-corrected chi connectivity index (χ1v) is 8.59. The third-order valence-corrected chi connectivity index (χ3v) is 6.29. The van der Waals surface area contributed by atoms with Gasteiger partial charge in [-0.2, -0.15) is 0 Å². The highest BCUT2D eigenvalue weighted by molar-refractivity contribution is 8.01. The molecular weight excluding hydrogens is 387 g/mol. The van der Waals surface area contributed by atoms with Crippen LogP contribution in [-0.4, -0.2) is 9.91 Å². The van der Waals surface area contributed by atoms with Crippen molar-refractivity contribution in [3.05, 3.63) is 55.5 Å². The van der Waals surface area contributed by atoms with Crippen LogP contribution < -0.4 is 0 Å². The average Bonchev–Trinajstić information content (AvgIpc) is 2.86. The third-order valence-electron chi connectivity index (χ3n) is 2.73. The van der Waals surface area contributed by atoms with Gasteiger partial charge in [-0.3, -0.25) is 10.1 Å². The summed E-state index contributed by atoms with van der Waals surface area (Å²) in [5.74, 6) is 0. The first-order chi connectivity index (χ1) is 10.5. The molecule has 0 saturated heterocycles. The summed E-state index contributed by atoms with van der Waals surface area (Å²) in [6, 6.07) is 8.03. The highest BCUT2D eigenvalue weighted by atomic mass is 35.5. The van der Waals surface area contributed by atoms with Crippen LogP contribution in [0.3, 0.4) is 0 Å².